The Labute approximate surface area is 79.7 Å². The molecule has 0 N–H and O–H groups in total. The third-order valence-corrected chi connectivity index (χ3v) is 1.44. The molecule has 1 aromatic heterocycles. The summed E-state index contributed by atoms with van der Waals surface area (Å²) < 4.78 is 11.3. The van der Waals surface area contributed by atoms with Gasteiger partial charge in [-0.1, -0.05) is 0 Å². The van der Waals surface area contributed by atoms with Gasteiger partial charge in [0.2, 0.25) is 0 Å². The van der Waals surface area contributed by atoms with Crippen molar-refractivity contribution in [2.45, 2.75) is 0 Å². The standard InChI is InChI=1S/C7H6N2O5/c1-14-7(10)6-4-5(9(12)13)2-3-8(6)11/h2-4H,1H3/i3D. The molecule has 0 aliphatic rings. The first kappa shape index (κ1) is 8.42. The summed E-state index contributed by atoms with van der Waals surface area (Å²) >= 11 is 0. The van der Waals surface area contributed by atoms with E-state index in [2.05, 4.69) is 4.74 Å². The van der Waals surface area contributed by atoms with Crippen LogP contribution in [0.3, 0.4) is 0 Å². The molecule has 1 aromatic rings. The quantitative estimate of drug-likeness (QED) is 0.220. The van der Waals surface area contributed by atoms with Crippen molar-refractivity contribution >= 4 is 11.7 Å². The van der Waals surface area contributed by atoms with E-state index in [1.807, 2.05) is 0 Å². The van der Waals surface area contributed by atoms with Crippen molar-refractivity contribution in [3.8, 4) is 0 Å². The molecular weight excluding hydrogens is 192 g/mol. The Morgan fingerprint density at radius 1 is 1.79 bits per heavy atom. The summed E-state index contributed by atoms with van der Waals surface area (Å²) in [5.41, 5.74) is -1.09. The van der Waals surface area contributed by atoms with Gasteiger partial charge in [0.15, 0.2) is 6.17 Å². The van der Waals surface area contributed by atoms with Crippen LogP contribution in [-0.2, 0) is 4.74 Å². The Morgan fingerprint density at radius 3 is 2.93 bits per heavy atom. The van der Waals surface area contributed by atoms with Crippen LogP contribution in [0.25, 0.3) is 0 Å². The Kier molecular flexibility index (Phi) is 2.22. The molecular formula is C7H6N2O5. The SMILES string of the molecule is [2H]c1cc([N+](=O)[O-])cc(C(=O)OC)[n+]1[O-]. The van der Waals surface area contributed by atoms with Crippen molar-refractivity contribution in [2.75, 3.05) is 7.11 Å². The molecule has 7 heteroatoms. The highest BCUT2D eigenvalue weighted by molar-refractivity contribution is 5.86. The predicted molar refractivity (Wildman–Crippen MR) is 43.4 cm³/mol. The van der Waals surface area contributed by atoms with Crippen molar-refractivity contribution in [3.05, 3.63) is 39.3 Å². The molecule has 0 bridgehead atoms. The molecule has 0 unspecified atom stereocenters. The Balaban J connectivity index is 3.37. The molecule has 0 aromatic carbocycles. The number of nitro groups is 1. The molecule has 14 heavy (non-hydrogen) atoms. The third kappa shape index (κ3) is 1.76. The fourth-order valence-corrected chi connectivity index (χ4v) is 0.786. The third-order valence-electron chi connectivity index (χ3n) is 1.44. The molecule has 7 nitrogen and oxygen atoms in total. The highest BCUT2D eigenvalue weighted by Crippen LogP contribution is 2.09. The number of nitrogens with zero attached hydrogens (tertiary/aromatic N) is 2. The van der Waals surface area contributed by atoms with Crippen LogP contribution < -0.4 is 4.73 Å². The highest BCUT2D eigenvalue weighted by Gasteiger charge is 2.21. The molecule has 74 valence electrons. The first-order chi connectivity index (χ1) is 6.97. The zero-order valence-electron chi connectivity index (χ0n) is 8.09. The van der Waals surface area contributed by atoms with Gasteiger partial charge in [0, 0.05) is 0 Å². The minimum atomic E-state index is -1.03. The summed E-state index contributed by atoms with van der Waals surface area (Å²) in [4.78, 5) is 20.6. The van der Waals surface area contributed by atoms with E-state index in [4.69, 9.17) is 1.37 Å². The number of ether oxygens (including phenoxy) is 1. The lowest BCUT2D eigenvalue weighted by molar-refractivity contribution is -0.609. The number of hydrogen-bond donors (Lipinski definition) is 0. The summed E-state index contributed by atoms with van der Waals surface area (Å²) in [7, 11) is 1.03. The van der Waals surface area contributed by atoms with Gasteiger partial charge < -0.3 is 9.94 Å². The van der Waals surface area contributed by atoms with Crippen LogP contribution in [0.1, 0.15) is 11.9 Å². The number of rotatable bonds is 2. The molecule has 0 saturated carbocycles. The molecule has 0 aliphatic heterocycles. The van der Waals surface area contributed by atoms with E-state index >= 15 is 0 Å². The van der Waals surface area contributed by atoms with Crippen LogP contribution in [0.5, 0.6) is 0 Å². The second-order valence-corrected chi connectivity index (χ2v) is 2.27. The minimum absolute atomic E-state index is 0.0428. The second kappa shape index (κ2) is 3.69. The number of esters is 1. The maximum absolute atomic E-state index is 11.1. The largest absolute Gasteiger partial charge is 0.618 e. The fraction of sp³-hybridized carbons (Fsp3) is 0.143. The fourth-order valence-electron chi connectivity index (χ4n) is 0.786. The maximum atomic E-state index is 11.1. The van der Waals surface area contributed by atoms with Crippen molar-refractivity contribution in [1.82, 2.24) is 0 Å². The van der Waals surface area contributed by atoms with Crippen LogP contribution in [0.15, 0.2) is 18.3 Å². The van der Waals surface area contributed by atoms with Gasteiger partial charge >= 0.3 is 11.7 Å². The number of aromatic nitrogens is 1. The first-order valence-electron chi connectivity index (χ1n) is 3.94. The van der Waals surface area contributed by atoms with Crippen molar-refractivity contribution in [2.24, 2.45) is 0 Å². The lowest BCUT2D eigenvalue weighted by Crippen LogP contribution is -2.34. The van der Waals surface area contributed by atoms with E-state index in [-0.39, 0.29) is 4.73 Å². The van der Waals surface area contributed by atoms with Crippen LogP contribution in [0, 0.1) is 15.3 Å². The zero-order chi connectivity index (χ0) is 11.6. The summed E-state index contributed by atoms with van der Waals surface area (Å²) in [6.07, 6.45) is -0.690. The molecule has 0 saturated heterocycles. The van der Waals surface area contributed by atoms with E-state index in [0.29, 0.717) is 0 Å². The van der Waals surface area contributed by atoms with Gasteiger partial charge in [-0.3, -0.25) is 10.1 Å². The van der Waals surface area contributed by atoms with Gasteiger partial charge in [-0.2, -0.15) is 4.73 Å². The topological polar surface area (TPSA) is 96.4 Å². The Bertz CT molecular complexity index is 434. The number of carbonyl (C=O) groups excluding carboxylic acids is 1. The molecule has 1 heterocycles. The van der Waals surface area contributed by atoms with Crippen molar-refractivity contribution < 1.29 is 20.6 Å². The van der Waals surface area contributed by atoms with Gasteiger partial charge in [0.1, 0.15) is 1.37 Å². The van der Waals surface area contributed by atoms with E-state index in [1.165, 1.54) is 0 Å². The zero-order valence-corrected chi connectivity index (χ0v) is 7.09. The Hall–Kier alpha value is -2.18. The van der Waals surface area contributed by atoms with Crippen LogP contribution in [-0.4, -0.2) is 18.0 Å². The predicted octanol–water partition coefficient (Wildman–Crippen LogP) is 0.0148. The molecule has 0 radical (unpaired) electrons. The van der Waals surface area contributed by atoms with E-state index in [0.717, 1.165) is 19.2 Å². The number of methoxy groups -OCH3 is 1. The molecule has 0 amide bonds. The van der Waals surface area contributed by atoms with E-state index < -0.39 is 28.4 Å². The molecule has 0 fully saturated rings. The van der Waals surface area contributed by atoms with Gasteiger partial charge in [0.25, 0.3) is 5.69 Å². The van der Waals surface area contributed by atoms with Crippen molar-refractivity contribution in [3.63, 3.8) is 0 Å². The lowest BCUT2D eigenvalue weighted by Gasteiger charge is -2.01. The van der Waals surface area contributed by atoms with Gasteiger partial charge in [-0.15, -0.1) is 0 Å². The number of pyridine rings is 1. The minimum Gasteiger partial charge on any atom is -0.618 e. The second-order valence-electron chi connectivity index (χ2n) is 2.27. The monoisotopic (exact) mass is 199 g/mol. The molecule has 0 atom stereocenters. The van der Waals surface area contributed by atoms with Gasteiger partial charge in [-0.25, -0.2) is 4.79 Å². The van der Waals surface area contributed by atoms with Crippen LogP contribution in [0.2, 0.25) is 0 Å². The maximum Gasteiger partial charge on any atom is 0.405 e. The number of carbonyl (C=O) groups is 1. The average Bonchev–Trinajstić information content (AvgIpc) is 2.20. The summed E-state index contributed by atoms with van der Waals surface area (Å²) in [6.45, 7) is 0. The Morgan fingerprint density at radius 2 is 2.43 bits per heavy atom. The van der Waals surface area contributed by atoms with E-state index in [1.54, 1.807) is 0 Å². The highest BCUT2D eigenvalue weighted by atomic mass is 16.6. The lowest BCUT2D eigenvalue weighted by atomic mass is 10.3. The van der Waals surface area contributed by atoms with Crippen molar-refractivity contribution in [1.29, 1.82) is 0 Å². The summed E-state index contributed by atoms with van der Waals surface area (Å²) in [5.74, 6) is -1.03. The molecule has 0 aliphatic carbocycles. The molecule has 0 spiro atoms. The molecule has 1 rings (SSSR count). The van der Waals surface area contributed by atoms with Crippen LogP contribution >= 0.6 is 0 Å². The summed E-state index contributed by atoms with van der Waals surface area (Å²) in [5, 5.41) is 21.5. The average molecular weight is 199 g/mol. The van der Waals surface area contributed by atoms with Gasteiger partial charge in [-0.05, 0) is 0 Å². The normalized spacial score (nSPS) is 10.5. The first-order valence-corrected chi connectivity index (χ1v) is 3.44. The van der Waals surface area contributed by atoms with Gasteiger partial charge in [0.05, 0.1) is 24.2 Å². The van der Waals surface area contributed by atoms with E-state index in [9.17, 15) is 20.1 Å². The summed E-state index contributed by atoms with van der Waals surface area (Å²) in [6, 6.07) is 1.51. The number of hydrogen-bond acceptors (Lipinski definition) is 5. The smallest absolute Gasteiger partial charge is 0.405 e. The van der Waals surface area contributed by atoms with Crippen LogP contribution in [0.4, 0.5) is 5.69 Å².